The summed E-state index contributed by atoms with van der Waals surface area (Å²) in [7, 11) is 0. The first-order chi connectivity index (χ1) is 9.02. The molecule has 100 valence electrons. The van der Waals surface area contributed by atoms with E-state index < -0.39 is 5.97 Å². The number of aryl methyl sites for hydroxylation is 2. The molecular weight excluding hydrogens is 332 g/mol. The van der Waals surface area contributed by atoms with Crippen molar-refractivity contribution in [1.29, 1.82) is 0 Å². The molecule has 2 heterocycles. The van der Waals surface area contributed by atoms with E-state index in [0.717, 1.165) is 23.4 Å². The molecule has 0 bridgehead atoms. The highest BCUT2D eigenvalue weighted by Crippen LogP contribution is 2.27. The molecule has 0 aliphatic carbocycles. The van der Waals surface area contributed by atoms with Crippen LogP contribution in [0.15, 0.2) is 8.31 Å². The second kappa shape index (κ2) is 5.66. The topological polar surface area (TPSA) is 76.2 Å². The first-order valence-electron chi connectivity index (χ1n) is 5.55. The molecule has 0 fully saturated rings. The maximum absolute atomic E-state index is 10.9. The van der Waals surface area contributed by atoms with Crippen molar-refractivity contribution in [3.05, 3.63) is 31.5 Å². The average molecular weight is 343 g/mol. The van der Waals surface area contributed by atoms with Gasteiger partial charge in [0.15, 0.2) is 5.69 Å². The minimum absolute atomic E-state index is 0.0300. The Kier molecular flexibility index (Phi) is 4.16. The van der Waals surface area contributed by atoms with Crippen LogP contribution in [0.3, 0.4) is 0 Å². The fourth-order valence-electron chi connectivity index (χ4n) is 1.57. The molecule has 0 saturated heterocycles. The lowest BCUT2D eigenvalue weighted by Crippen LogP contribution is -1.96. The maximum Gasteiger partial charge on any atom is 0.356 e. The van der Waals surface area contributed by atoms with Crippen molar-refractivity contribution in [2.24, 2.45) is 0 Å². The van der Waals surface area contributed by atoms with E-state index in [0.29, 0.717) is 8.79 Å². The molecule has 0 aliphatic rings. The number of carboxylic acids is 1. The Labute approximate surface area is 122 Å². The van der Waals surface area contributed by atoms with Gasteiger partial charge < -0.3 is 9.63 Å². The Hall–Kier alpha value is -1.47. The van der Waals surface area contributed by atoms with Gasteiger partial charge in [-0.1, -0.05) is 12.1 Å². The highest BCUT2D eigenvalue weighted by molar-refractivity contribution is 9.11. The van der Waals surface area contributed by atoms with E-state index in [2.05, 4.69) is 26.1 Å². The van der Waals surface area contributed by atoms with Crippen LogP contribution in [0.1, 0.15) is 39.4 Å². The molecular formula is C12H11BrN2O3S. The van der Waals surface area contributed by atoms with Crippen LogP contribution < -0.4 is 0 Å². The highest BCUT2D eigenvalue weighted by Gasteiger charge is 2.14. The molecule has 1 N–H and O–H groups in total. The lowest BCUT2D eigenvalue weighted by molar-refractivity contribution is 0.0690. The van der Waals surface area contributed by atoms with E-state index in [-0.39, 0.29) is 5.69 Å². The third-order valence-electron chi connectivity index (χ3n) is 2.50. The van der Waals surface area contributed by atoms with Gasteiger partial charge in [0.05, 0.1) is 5.69 Å². The number of carbonyl (C=O) groups is 1. The summed E-state index contributed by atoms with van der Waals surface area (Å²) in [5, 5.41) is 13.4. The summed E-state index contributed by atoms with van der Waals surface area (Å²) < 4.78 is 5.69. The van der Waals surface area contributed by atoms with Crippen LogP contribution in [0.2, 0.25) is 0 Å². The molecule has 0 spiro atoms. The van der Waals surface area contributed by atoms with Crippen molar-refractivity contribution in [3.63, 3.8) is 0 Å². The second-order valence-corrected chi connectivity index (χ2v) is 6.12. The third kappa shape index (κ3) is 2.93. The Morgan fingerprint density at radius 2 is 2.26 bits per heavy atom. The molecule has 7 heteroatoms. The molecule has 0 atom stereocenters. The molecule has 2 aromatic heterocycles. The van der Waals surface area contributed by atoms with E-state index in [1.165, 1.54) is 11.3 Å². The summed E-state index contributed by atoms with van der Waals surface area (Å²) >= 11 is 4.46. The van der Waals surface area contributed by atoms with Crippen molar-refractivity contribution < 1.29 is 14.4 Å². The van der Waals surface area contributed by atoms with Crippen molar-refractivity contribution in [2.45, 2.75) is 20.3 Å². The van der Waals surface area contributed by atoms with E-state index in [9.17, 15) is 4.79 Å². The largest absolute Gasteiger partial charge is 0.476 e. The van der Waals surface area contributed by atoms with Gasteiger partial charge in [-0.25, -0.2) is 9.78 Å². The van der Waals surface area contributed by atoms with Gasteiger partial charge in [0.25, 0.3) is 0 Å². The van der Waals surface area contributed by atoms with Crippen molar-refractivity contribution in [3.8, 4) is 0 Å². The number of aromatic carboxylic acids is 1. The zero-order valence-corrected chi connectivity index (χ0v) is 12.7. The van der Waals surface area contributed by atoms with Gasteiger partial charge in [0.1, 0.15) is 14.6 Å². The van der Waals surface area contributed by atoms with Crippen LogP contribution in [-0.2, 0) is 6.42 Å². The number of hydrogen-bond acceptors (Lipinski definition) is 5. The number of thiazole rings is 1. The van der Waals surface area contributed by atoms with Crippen molar-refractivity contribution >= 4 is 45.4 Å². The van der Waals surface area contributed by atoms with Crippen LogP contribution in [-0.4, -0.2) is 21.2 Å². The molecule has 5 nitrogen and oxygen atoms in total. The summed E-state index contributed by atoms with van der Waals surface area (Å²) in [4.78, 5) is 14.9. The third-order valence-corrected chi connectivity index (χ3v) is 4.17. The number of carboxylic acid groups (broad SMARTS) is 1. The van der Waals surface area contributed by atoms with Crippen LogP contribution in [0, 0.1) is 6.92 Å². The van der Waals surface area contributed by atoms with E-state index in [4.69, 9.17) is 9.63 Å². The standard InChI is InChI=1S/C12H11BrN2O3S/c1-3-8-7(6(2)15-18-8)4-5-9-14-10(12(16)17)11(13)19-9/h4-5H,3H2,1-2H3,(H,16,17)/b5-4+. The number of halogens is 1. The van der Waals surface area contributed by atoms with Crippen LogP contribution in [0.25, 0.3) is 12.2 Å². The molecule has 0 amide bonds. The Morgan fingerprint density at radius 3 is 2.84 bits per heavy atom. The fraction of sp³-hybridized carbons (Fsp3) is 0.250. The lowest BCUT2D eigenvalue weighted by Gasteiger charge is -1.91. The quantitative estimate of drug-likeness (QED) is 0.917. The second-order valence-electron chi connectivity index (χ2n) is 3.77. The van der Waals surface area contributed by atoms with E-state index in [1.54, 1.807) is 6.08 Å². The molecule has 0 radical (unpaired) electrons. The van der Waals surface area contributed by atoms with Crippen LogP contribution >= 0.6 is 27.3 Å². The number of rotatable bonds is 4. The maximum atomic E-state index is 10.9. The Balaban J connectivity index is 2.30. The summed E-state index contributed by atoms with van der Waals surface area (Å²) in [5.41, 5.74) is 1.76. The molecule has 0 unspecified atom stereocenters. The molecule has 19 heavy (non-hydrogen) atoms. The molecule has 2 rings (SSSR count). The van der Waals surface area contributed by atoms with Gasteiger partial charge in [0, 0.05) is 12.0 Å². The number of aromatic nitrogens is 2. The average Bonchev–Trinajstić information content (AvgIpc) is 2.90. The Morgan fingerprint density at radius 1 is 1.53 bits per heavy atom. The summed E-state index contributed by atoms with van der Waals surface area (Å²) in [6.07, 6.45) is 4.37. The zero-order chi connectivity index (χ0) is 14.0. The monoisotopic (exact) mass is 342 g/mol. The summed E-state index contributed by atoms with van der Waals surface area (Å²) in [5.74, 6) is -0.235. The normalized spacial score (nSPS) is 11.3. The SMILES string of the molecule is CCc1onc(C)c1/C=C/c1nc(C(=O)O)c(Br)s1. The van der Waals surface area contributed by atoms with Gasteiger partial charge in [-0.2, -0.15) is 0 Å². The first-order valence-corrected chi connectivity index (χ1v) is 7.16. The summed E-state index contributed by atoms with van der Waals surface area (Å²) in [6.45, 7) is 3.85. The van der Waals surface area contributed by atoms with Crippen LogP contribution in [0.4, 0.5) is 0 Å². The van der Waals surface area contributed by atoms with Gasteiger partial charge in [-0.15, -0.1) is 11.3 Å². The molecule has 0 aromatic carbocycles. The van der Waals surface area contributed by atoms with Crippen LogP contribution in [0.5, 0.6) is 0 Å². The number of nitrogens with zero attached hydrogens (tertiary/aromatic N) is 2. The predicted molar refractivity (Wildman–Crippen MR) is 76.3 cm³/mol. The smallest absolute Gasteiger partial charge is 0.356 e. The molecule has 0 saturated carbocycles. The minimum atomic E-state index is -1.04. The number of hydrogen-bond donors (Lipinski definition) is 1. The predicted octanol–water partition coefficient (Wildman–Crippen LogP) is 3.63. The first kappa shape index (κ1) is 14.0. The lowest BCUT2D eigenvalue weighted by atomic mass is 10.1. The van der Waals surface area contributed by atoms with E-state index in [1.807, 2.05) is 19.9 Å². The molecule has 2 aromatic rings. The van der Waals surface area contributed by atoms with Crippen molar-refractivity contribution in [2.75, 3.05) is 0 Å². The van der Waals surface area contributed by atoms with Crippen molar-refractivity contribution in [1.82, 2.24) is 10.1 Å². The summed E-state index contributed by atoms with van der Waals surface area (Å²) in [6, 6.07) is 0. The minimum Gasteiger partial charge on any atom is -0.476 e. The van der Waals surface area contributed by atoms with Gasteiger partial charge in [-0.3, -0.25) is 0 Å². The van der Waals surface area contributed by atoms with E-state index >= 15 is 0 Å². The zero-order valence-electron chi connectivity index (χ0n) is 10.3. The van der Waals surface area contributed by atoms with Gasteiger partial charge in [0.2, 0.25) is 0 Å². The van der Waals surface area contributed by atoms with Gasteiger partial charge >= 0.3 is 5.97 Å². The highest BCUT2D eigenvalue weighted by atomic mass is 79.9. The fourth-order valence-corrected chi connectivity index (χ4v) is 3.01. The Bertz CT molecular complexity index is 645. The van der Waals surface area contributed by atoms with Gasteiger partial charge in [-0.05, 0) is 35.0 Å². The molecule has 0 aliphatic heterocycles.